The molecule has 1 aromatic rings. The van der Waals surface area contributed by atoms with Crippen LogP contribution in [0.5, 0.6) is 0 Å². The summed E-state index contributed by atoms with van der Waals surface area (Å²) >= 11 is 3.40. The number of hydrogen-bond donors (Lipinski definition) is 1. The maximum Gasteiger partial charge on any atom is 0.251 e. The summed E-state index contributed by atoms with van der Waals surface area (Å²) in [5.74, 6) is -0.317. The highest BCUT2D eigenvalue weighted by molar-refractivity contribution is 9.10. The fourth-order valence-corrected chi connectivity index (χ4v) is 2.51. The Kier molecular flexibility index (Phi) is 5.36. The van der Waals surface area contributed by atoms with Crippen LogP contribution in [0.1, 0.15) is 22.8 Å². The second kappa shape index (κ2) is 7.04. The highest BCUT2D eigenvalue weighted by atomic mass is 79.9. The minimum absolute atomic E-state index is 0.0715. The van der Waals surface area contributed by atoms with Crippen molar-refractivity contribution in [3.05, 3.63) is 33.8 Å². The number of ether oxygens (including phenoxy) is 1. The van der Waals surface area contributed by atoms with Gasteiger partial charge in [-0.1, -0.05) is 22.0 Å². The lowest BCUT2D eigenvalue weighted by Gasteiger charge is -2.29. The van der Waals surface area contributed by atoms with E-state index in [4.69, 9.17) is 4.74 Å². The monoisotopic (exact) mass is 354 g/mol. The van der Waals surface area contributed by atoms with Crippen molar-refractivity contribution in [1.29, 1.82) is 0 Å². The summed E-state index contributed by atoms with van der Waals surface area (Å²) < 4.78 is 6.10. The molecule has 0 saturated carbocycles. The van der Waals surface area contributed by atoms with Crippen molar-refractivity contribution < 1.29 is 14.3 Å². The zero-order valence-corrected chi connectivity index (χ0v) is 13.8. The van der Waals surface area contributed by atoms with Gasteiger partial charge in [-0.05, 0) is 31.5 Å². The third kappa shape index (κ3) is 4.04. The van der Waals surface area contributed by atoms with Crippen LogP contribution in [-0.4, -0.2) is 49.1 Å². The van der Waals surface area contributed by atoms with E-state index < -0.39 is 6.04 Å². The van der Waals surface area contributed by atoms with E-state index in [0.717, 1.165) is 10.0 Å². The minimum atomic E-state index is -0.546. The van der Waals surface area contributed by atoms with Crippen LogP contribution in [0, 0.1) is 6.92 Å². The molecule has 1 aromatic carbocycles. The standard InChI is InChI=1S/C15H19BrN2O3/c1-10-3-4-12(9-13(10)16)14(19)17-11(2)15(20)18-5-7-21-8-6-18/h3-4,9,11H,5-8H2,1-2H3,(H,17,19). The highest BCUT2D eigenvalue weighted by Crippen LogP contribution is 2.17. The van der Waals surface area contributed by atoms with E-state index in [9.17, 15) is 9.59 Å². The first kappa shape index (κ1) is 16.0. The Balaban J connectivity index is 1.97. The van der Waals surface area contributed by atoms with Crippen molar-refractivity contribution in [1.82, 2.24) is 10.2 Å². The quantitative estimate of drug-likeness (QED) is 0.899. The van der Waals surface area contributed by atoms with Crippen LogP contribution in [0.15, 0.2) is 22.7 Å². The first-order chi connectivity index (χ1) is 9.99. The van der Waals surface area contributed by atoms with Gasteiger partial charge in [0, 0.05) is 23.1 Å². The molecule has 5 nitrogen and oxygen atoms in total. The topological polar surface area (TPSA) is 58.6 Å². The summed E-state index contributed by atoms with van der Waals surface area (Å²) in [4.78, 5) is 26.1. The lowest BCUT2D eigenvalue weighted by molar-refractivity contribution is -0.136. The maximum atomic E-state index is 12.2. The molecule has 2 rings (SSSR count). The van der Waals surface area contributed by atoms with Crippen molar-refractivity contribution in [2.75, 3.05) is 26.3 Å². The van der Waals surface area contributed by atoms with Crippen molar-refractivity contribution in [3.8, 4) is 0 Å². The van der Waals surface area contributed by atoms with Crippen molar-refractivity contribution in [2.24, 2.45) is 0 Å². The van der Waals surface area contributed by atoms with E-state index in [1.807, 2.05) is 13.0 Å². The third-order valence-corrected chi connectivity index (χ3v) is 4.33. The smallest absolute Gasteiger partial charge is 0.251 e. The van der Waals surface area contributed by atoms with Gasteiger partial charge >= 0.3 is 0 Å². The van der Waals surface area contributed by atoms with Gasteiger partial charge in [-0.3, -0.25) is 9.59 Å². The molecule has 6 heteroatoms. The Labute approximate surface area is 132 Å². The molecule has 1 fully saturated rings. The number of carbonyl (C=O) groups excluding carboxylic acids is 2. The average Bonchev–Trinajstić information content (AvgIpc) is 2.50. The number of carbonyl (C=O) groups is 2. The molecule has 0 aromatic heterocycles. The number of morpholine rings is 1. The molecule has 0 aliphatic carbocycles. The van der Waals surface area contributed by atoms with Crippen LogP contribution in [0.4, 0.5) is 0 Å². The number of nitrogens with one attached hydrogen (secondary N) is 1. The van der Waals surface area contributed by atoms with Crippen LogP contribution in [0.3, 0.4) is 0 Å². The SMILES string of the molecule is Cc1ccc(C(=O)NC(C)C(=O)N2CCOCC2)cc1Br. The van der Waals surface area contributed by atoms with Gasteiger partial charge in [0.1, 0.15) is 6.04 Å². The summed E-state index contributed by atoms with van der Waals surface area (Å²) in [5, 5.41) is 2.75. The zero-order valence-electron chi connectivity index (χ0n) is 12.2. The number of benzene rings is 1. The van der Waals surface area contributed by atoms with E-state index in [1.165, 1.54) is 0 Å². The lowest BCUT2D eigenvalue weighted by Crippen LogP contribution is -2.50. The van der Waals surface area contributed by atoms with E-state index in [1.54, 1.807) is 24.0 Å². The summed E-state index contributed by atoms with van der Waals surface area (Å²) in [5.41, 5.74) is 1.60. The van der Waals surface area contributed by atoms with Crippen molar-refractivity contribution >= 4 is 27.7 Å². The maximum absolute atomic E-state index is 12.2. The van der Waals surface area contributed by atoms with Crippen LogP contribution in [-0.2, 0) is 9.53 Å². The molecule has 1 aliphatic heterocycles. The second-order valence-corrected chi connectivity index (χ2v) is 5.95. The van der Waals surface area contributed by atoms with Gasteiger partial charge in [0.25, 0.3) is 5.91 Å². The zero-order chi connectivity index (χ0) is 15.4. The van der Waals surface area contributed by atoms with Crippen molar-refractivity contribution in [3.63, 3.8) is 0 Å². The van der Waals surface area contributed by atoms with Gasteiger partial charge < -0.3 is 15.0 Å². The summed E-state index contributed by atoms with van der Waals surface area (Å²) in [6, 6.07) is 4.83. The predicted octanol–water partition coefficient (Wildman–Crippen LogP) is 1.73. The molecule has 1 unspecified atom stereocenters. The number of amides is 2. The second-order valence-electron chi connectivity index (χ2n) is 5.10. The van der Waals surface area contributed by atoms with Crippen LogP contribution >= 0.6 is 15.9 Å². The van der Waals surface area contributed by atoms with Gasteiger partial charge in [0.05, 0.1) is 13.2 Å². The van der Waals surface area contributed by atoms with Crippen LogP contribution in [0.2, 0.25) is 0 Å². The normalized spacial score (nSPS) is 16.4. The first-order valence-electron chi connectivity index (χ1n) is 6.92. The summed E-state index contributed by atoms with van der Waals surface area (Å²) in [7, 11) is 0. The number of halogens is 1. The molecule has 0 radical (unpaired) electrons. The largest absolute Gasteiger partial charge is 0.378 e. The molecule has 21 heavy (non-hydrogen) atoms. The number of hydrogen-bond acceptors (Lipinski definition) is 3. The molecular weight excluding hydrogens is 336 g/mol. The molecule has 1 aliphatic rings. The van der Waals surface area contributed by atoms with Crippen molar-refractivity contribution in [2.45, 2.75) is 19.9 Å². The van der Waals surface area contributed by atoms with Gasteiger partial charge in [0.2, 0.25) is 5.91 Å². The number of rotatable bonds is 3. The van der Waals surface area contributed by atoms with Gasteiger partial charge in [-0.2, -0.15) is 0 Å². The van der Waals surface area contributed by atoms with Gasteiger partial charge in [-0.15, -0.1) is 0 Å². The fourth-order valence-electron chi connectivity index (χ4n) is 2.13. The Hall–Kier alpha value is -1.40. The lowest BCUT2D eigenvalue weighted by atomic mass is 10.1. The molecular formula is C15H19BrN2O3. The molecule has 1 atom stereocenters. The fraction of sp³-hybridized carbons (Fsp3) is 0.467. The first-order valence-corrected chi connectivity index (χ1v) is 7.72. The summed E-state index contributed by atoms with van der Waals surface area (Å²) in [6.07, 6.45) is 0. The molecule has 114 valence electrons. The molecule has 0 spiro atoms. The molecule has 1 saturated heterocycles. The minimum Gasteiger partial charge on any atom is -0.378 e. The molecule has 2 amide bonds. The highest BCUT2D eigenvalue weighted by Gasteiger charge is 2.24. The van der Waals surface area contributed by atoms with Gasteiger partial charge in [-0.25, -0.2) is 0 Å². The Morgan fingerprint density at radius 1 is 1.33 bits per heavy atom. The Morgan fingerprint density at radius 3 is 2.62 bits per heavy atom. The average molecular weight is 355 g/mol. The van der Waals surface area contributed by atoms with Gasteiger partial charge in [0.15, 0.2) is 0 Å². The van der Waals surface area contributed by atoms with Crippen LogP contribution < -0.4 is 5.32 Å². The predicted molar refractivity (Wildman–Crippen MR) is 83.2 cm³/mol. The summed E-state index contributed by atoms with van der Waals surface area (Å²) in [6.45, 7) is 5.92. The molecule has 1 N–H and O–H groups in total. The number of aryl methyl sites for hydroxylation is 1. The molecule has 1 heterocycles. The van der Waals surface area contributed by atoms with E-state index in [0.29, 0.717) is 31.9 Å². The Morgan fingerprint density at radius 2 is 2.00 bits per heavy atom. The Bertz CT molecular complexity index is 542. The third-order valence-electron chi connectivity index (χ3n) is 3.47. The molecule has 0 bridgehead atoms. The number of nitrogens with zero attached hydrogens (tertiary/aromatic N) is 1. The van der Waals surface area contributed by atoms with E-state index >= 15 is 0 Å². The van der Waals surface area contributed by atoms with E-state index in [-0.39, 0.29) is 11.8 Å². The van der Waals surface area contributed by atoms with Crippen LogP contribution in [0.25, 0.3) is 0 Å². The van der Waals surface area contributed by atoms with E-state index in [2.05, 4.69) is 21.2 Å².